The Morgan fingerprint density at radius 2 is 1.94 bits per heavy atom. The molecule has 104 valence electrons. The highest BCUT2D eigenvalue weighted by atomic mass is 16.4. The van der Waals surface area contributed by atoms with Crippen LogP contribution in [0.4, 0.5) is 4.79 Å². The maximum atomic E-state index is 11.8. The number of amides is 2. The van der Waals surface area contributed by atoms with Crippen LogP contribution in [0.5, 0.6) is 0 Å². The molecule has 3 N–H and O–H groups in total. The molecule has 1 unspecified atom stereocenters. The molecule has 0 aromatic carbocycles. The fourth-order valence-corrected chi connectivity index (χ4v) is 2.08. The summed E-state index contributed by atoms with van der Waals surface area (Å²) in [6.45, 7) is 5.68. The van der Waals surface area contributed by atoms with Gasteiger partial charge in [-0.15, -0.1) is 0 Å². The molecule has 0 heterocycles. The van der Waals surface area contributed by atoms with E-state index in [1.807, 2.05) is 6.92 Å². The maximum absolute atomic E-state index is 11.8. The molecular weight excluding hydrogens is 232 g/mol. The lowest BCUT2D eigenvalue weighted by Gasteiger charge is -2.42. The van der Waals surface area contributed by atoms with E-state index in [9.17, 15) is 9.59 Å². The molecule has 5 heteroatoms. The van der Waals surface area contributed by atoms with E-state index >= 15 is 0 Å². The van der Waals surface area contributed by atoms with Crippen molar-refractivity contribution in [1.82, 2.24) is 10.6 Å². The molecule has 0 saturated heterocycles. The van der Waals surface area contributed by atoms with Crippen molar-refractivity contribution in [2.24, 2.45) is 5.41 Å². The van der Waals surface area contributed by atoms with Crippen LogP contribution in [-0.2, 0) is 4.79 Å². The summed E-state index contributed by atoms with van der Waals surface area (Å²) in [4.78, 5) is 22.9. The summed E-state index contributed by atoms with van der Waals surface area (Å²) >= 11 is 0. The van der Waals surface area contributed by atoms with E-state index in [2.05, 4.69) is 17.6 Å². The van der Waals surface area contributed by atoms with Gasteiger partial charge in [-0.25, -0.2) is 4.79 Å². The first kappa shape index (κ1) is 14.8. The number of carboxylic acids is 1. The average molecular weight is 256 g/mol. The van der Waals surface area contributed by atoms with Crippen LogP contribution >= 0.6 is 0 Å². The standard InChI is InChI=1S/C13H24N2O3/c1-4-12(3,10(16)17)9-14-11(18)15-13(5-2)7-6-8-13/h4-9H2,1-3H3,(H,16,17)(H2,14,15,18). The molecule has 0 bridgehead atoms. The molecule has 0 aromatic heterocycles. The van der Waals surface area contributed by atoms with Gasteiger partial charge in [-0.3, -0.25) is 4.79 Å². The molecular formula is C13H24N2O3. The lowest BCUT2D eigenvalue weighted by Crippen LogP contribution is -2.57. The average Bonchev–Trinajstić information content (AvgIpc) is 2.30. The largest absolute Gasteiger partial charge is 0.481 e. The highest BCUT2D eigenvalue weighted by molar-refractivity contribution is 5.78. The summed E-state index contributed by atoms with van der Waals surface area (Å²) in [7, 11) is 0. The first-order valence-electron chi connectivity index (χ1n) is 6.67. The Kier molecular flexibility index (Phi) is 4.59. The fourth-order valence-electron chi connectivity index (χ4n) is 2.08. The molecule has 1 aliphatic rings. The van der Waals surface area contributed by atoms with E-state index in [4.69, 9.17) is 5.11 Å². The fraction of sp³-hybridized carbons (Fsp3) is 0.846. The normalized spacial score (nSPS) is 20.4. The first-order chi connectivity index (χ1) is 8.37. The van der Waals surface area contributed by atoms with Crippen LogP contribution in [0.25, 0.3) is 0 Å². The van der Waals surface area contributed by atoms with Crippen molar-refractivity contribution in [2.45, 2.75) is 58.4 Å². The Morgan fingerprint density at radius 1 is 1.33 bits per heavy atom. The number of carboxylic acid groups (broad SMARTS) is 1. The third-order valence-electron chi connectivity index (χ3n) is 4.30. The van der Waals surface area contributed by atoms with Crippen molar-refractivity contribution in [3.8, 4) is 0 Å². The molecule has 0 aliphatic heterocycles. The minimum atomic E-state index is -0.893. The van der Waals surface area contributed by atoms with Gasteiger partial charge in [0.1, 0.15) is 0 Å². The molecule has 0 spiro atoms. The second kappa shape index (κ2) is 5.59. The number of nitrogens with one attached hydrogen (secondary N) is 2. The van der Waals surface area contributed by atoms with E-state index in [-0.39, 0.29) is 18.1 Å². The molecule has 1 aliphatic carbocycles. The summed E-state index contributed by atoms with van der Waals surface area (Å²) in [6, 6.07) is -0.252. The van der Waals surface area contributed by atoms with Crippen molar-refractivity contribution in [1.29, 1.82) is 0 Å². The summed E-state index contributed by atoms with van der Waals surface area (Å²) in [5.41, 5.74) is -0.952. The van der Waals surface area contributed by atoms with Gasteiger partial charge in [-0.2, -0.15) is 0 Å². The zero-order valence-corrected chi connectivity index (χ0v) is 11.5. The Morgan fingerprint density at radius 3 is 2.28 bits per heavy atom. The highest BCUT2D eigenvalue weighted by Gasteiger charge is 2.37. The predicted molar refractivity (Wildman–Crippen MR) is 69.4 cm³/mol. The monoisotopic (exact) mass is 256 g/mol. The lowest BCUT2D eigenvalue weighted by atomic mass is 9.75. The Hall–Kier alpha value is -1.26. The van der Waals surface area contributed by atoms with Gasteiger partial charge in [0.25, 0.3) is 0 Å². The second-order valence-corrected chi connectivity index (χ2v) is 5.51. The van der Waals surface area contributed by atoms with Gasteiger partial charge in [0.15, 0.2) is 0 Å². The first-order valence-corrected chi connectivity index (χ1v) is 6.67. The number of hydrogen-bond acceptors (Lipinski definition) is 2. The zero-order chi connectivity index (χ0) is 13.8. The maximum Gasteiger partial charge on any atom is 0.315 e. The number of carbonyl (C=O) groups is 2. The number of rotatable bonds is 6. The topological polar surface area (TPSA) is 78.4 Å². The Bertz CT molecular complexity index is 321. The summed E-state index contributed by atoms with van der Waals surface area (Å²) in [5, 5.41) is 14.8. The summed E-state index contributed by atoms with van der Waals surface area (Å²) in [6.07, 6.45) is 4.59. The molecule has 5 nitrogen and oxygen atoms in total. The SMILES string of the molecule is CCC1(NC(=O)NCC(C)(CC)C(=O)O)CCC1. The van der Waals surface area contributed by atoms with Gasteiger partial charge in [0.2, 0.25) is 0 Å². The molecule has 1 fully saturated rings. The quantitative estimate of drug-likeness (QED) is 0.681. The molecule has 2 amide bonds. The summed E-state index contributed by atoms with van der Waals surface area (Å²) in [5.74, 6) is -0.876. The summed E-state index contributed by atoms with van der Waals surface area (Å²) < 4.78 is 0. The van der Waals surface area contributed by atoms with E-state index in [1.54, 1.807) is 6.92 Å². The van der Waals surface area contributed by atoms with Crippen LogP contribution in [0.1, 0.15) is 52.9 Å². The van der Waals surface area contributed by atoms with Crippen LogP contribution in [0, 0.1) is 5.41 Å². The van der Waals surface area contributed by atoms with Gasteiger partial charge in [0, 0.05) is 12.1 Å². The predicted octanol–water partition coefficient (Wildman–Crippen LogP) is 2.12. The number of hydrogen-bond donors (Lipinski definition) is 3. The van der Waals surface area contributed by atoms with Gasteiger partial charge in [-0.1, -0.05) is 13.8 Å². The smallest absolute Gasteiger partial charge is 0.315 e. The molecule has 0 radical (unpaired) electrons. The van der Waals surface area contributed by atoms with Gasteiger partial charge < -0.3 is 15.7 Å². The van der Waals surface area contributed by atoms with Crippen molar-refractivity contribution >= 4 is 12.0 Å². The minimum absolute atomic E-state index is 0.0596. The minimum Gasteiger partial charge on any atom is -0.481 e. The van der Waals surface area contributed by atoms with Gasteiger partial charge in [0.05, 0.1) is 5.41 Å². The molecule has 0 aromatic rings. The highest BCUT2D eigenvalue weighted by Crippen LogP contribution is 2.34. The van der Waals surface area contributed by atoms with Crippen molar-refractivity contribution in [3.05, 3.63) is 0 Å². The van der Waals surface area contributed by atoms with Crippen LogP contribution < -0.4 is 10.6 Å². The number of aliphatic carboxylic acids is 1. The number of urea groups is 1. The third-order valence-corrected chi connectivity index (χ3v) is 4.30. The second-order valence-electron chi connectivity index (χ2n) is 5.51. The Balaban J connectivity index is 2.43. The lowest BCUT2D eigenvalue weighted by molar-refractivity contribution is -0.147. The number of carbonyl (C=O) groups excluding carboxylic acids is 1. The third kappa shape index (κ3) is 3.15. The van der Waals surface area contributed by atoms with Gasteiger partial charge in [-0.05, 0) is 39.0 Å². The van der Waals surface area contributed by atoms with Gasteiger partial charge >= 0.3 is 12.0 Å². The van der Waals surface area contributed by atoms with E-state index in [0.717, 1.165) is 25.7 Å². The van der Waals surface area contributed by atoms with Crippen molar-refractivity contribution in [2.75, 3.05) is 6.54 Å². The van der Waals surface area contributed by atoms with E-state index < -0.39 is 11.4 Å². The van der Waals surface area contributed by atoms with Crippen LogP contribution in [0.2, 0.25) is 0 Å². The molecule has 1 rings (SSSR count). The molecule has 18 heavy (non-hydrogen) atoms. The van der Waals surface area contributed by atoms with Crippen molar-refractivity contribution in [3.63, 3.8) is 0 Å². The van der Waals surface area contributed by atoms with E-state index in [0.29, 0.717) is 6.42 Å². The zero-order valence-electron chi connectivity index (χ0n) is 11.5. The molecule has 1 saturated carbocycles. The van der Waals surface area contributed by atoms with Crippen LogP contribution in [-0.4, -0.2) is 29.2 Å². The van der Waals surface area contributed by atoms with Crippen LogP contribution in [0.3, 0.4) is 0 Å². The van der Waals surface area contributed by atoms with Crippen molar-refractivity contribution < 1.29 is 14.7 Å². The Labute approximate surface area is 108 Å². The molecule has 1 atom stereocenters. The van der Waals surface area contributed by atoms with E-state index in [1.165, 1.54) is 0 Å². The van der Waals surface area contributed by atoms with Crippen LogP contribution in [0.15, 0.2) is 0 Å².